The summed E-state index contributed by atoms with van der Waals surface area (Å²) in [6, 6.07) is 17.5. The molecule has 2 rings (SSSR count). The minimum atomic E-state index is 0.0953. The highest BCUT2D eigenvalue weighted by Gasteiger charge is 2.05. The molecule has 0 saturated carbocycles. The number of ether oxygens (including phenoxy) is 2. The molecule has 23 heavy (non-hydrogen) atoms. The lowest BCUT2D eigenvalue weighted by Gasteiger charge is -2.17. The van der Waals surface area contributed by atoms with Gasteiger partial charge in [-0.15, -0.1) is 0 Å². The van der Waals surface area contributed by atoms with Gasteiger partial charge >= 0.3 is 0 Å². The maximum Gasteiger partial charge on any atom is 0.171 e. The Morgan fingerprint density at radius 3 is 2.30 bits per heavy atom. The van der Waals surface area contributed by atoms with Crippen molar-refractivity contribution in [2.45, 2.75) is 19.9 Å². The van der Waals surface area contributed by atoms with Gasteiger partial charge in [0.1, 0.15) is 18.1 Å². The fourth-order valence-electron chi connectivity index (χ4n) is 1.97. The van der Waals surface area contributed by atoms with E-state index in [-0.39, 0.29) is 6.04 Å². The molecule has 0 spiro atoms. The minimum absolute atomic E-state index is 0.0953. The molecule has 0 aliphatic rings. The lowest BCUT2D eigenvalue weighted by Crippen LogP contribution is -2.39. The Balaban J connectivity index is 1.75. The van der Waals surface area contributed by atoms with Crippen LogP contribution in [0.3, 0.4) is 0 Å². The van der Waals surface area contributed by atoms with Crippen molar-refractivity contribution in [2.24, 2.45) is 0 Å². The summed E-state index contributed by atoms with van der Waals surface area (Å²) >= 11 is 5.32. The van der Waals surface area contributed by atoms with Crippen LogP contribution in [0, 0.1) is 0 Å². The quantitative estimate of drug-likeness (QED) is 0.755. The van der Waals surface area contributed by atoms with Crippen LogP contribution in [0.5, 0.6) is 11.5 Å². The van der Waals surface area contributed by atoms with Crippen LogP contribution < -0.4 is 20.1 Å². The van der Waals surface area contributed by atoms with Crippen LogP contribution in [0.2, 0.25) is 0 Å². The first-order chi connectivity index (χ1) is 11.2. The first-order valence-electron chi connectivity index (χ1n) is 7.65. The number of rotatable bonds is 7. The third kappa shape index (κ3) is 6.16. The third-order valence-corrected chi connectivity index (χ3v) is 3.26. The maximum absolute atomic E-state index is 5.70. The average molecular weight is 330 g/mol. The molecular weight excluding hydrogens is 308 g/mol. The van der Waals surface area contributed by atoms with E-state index in [1.807, 2.05) is 68.4 Å². The zero-order valence-corrected chi connectivity index (χ0v) is 14.2. The van der Waals surface area contributed by atoms with Crippen LogP contribution in [0.4, 0.5) is 5.69 Å². The number of hydrogen-bond donors (Lipinski definition) is 2. The van der Waals surface area contributed by atoms with E-state index < -0.39 is 0 Å². The van der Waals surface area contributed by atoms with E-state index in [0.29, 0.717) is 18.3 Å². The number of thiocarbonyl (C=S) groups is 1. The Hall–Kier alpha value is -2.27. The molecule has 0 heterocycles. The summed E-state index contributed by atoms with van der Waals surface area (Å²) in [7, 11) is 0. The SMILES string of the molecule is CCOc1ccc(NC(=S)N[C@@H](C)COc2ccccc2)cc1. The summed E-state index contributed by atoms with van der Waals surface area (Å²) in [6.07, 6.45) is 0. The summed E-state index contributed by atoms with van der Waals surface area (Å²) in [4.78, 5) is 0. The monoisotopic (exact) mass is 330 g/mol. The lowest BCUT2D eigenvalue weighted by atomic mass is 10.3. The fraction of sp³-hybridized carbons (Fsp3) is 0.278. The van der Waals surface area contributed by atoms with Crippen molar-refractivity contribution >= 4 is 23.0 Å². The largest absolute Gasteiger partial charge is 0.494 e. The molecule has 1 atom stereocenters. The number of benzene rings is 2. The molecule has 122 valence electrons. The molecule has 0 aliphatic heterocycles. The Bertz CT molecular complexity index is 602. The van der Waals surface area contributed by atoms with E-state index >= 15 is 0 Å². The number of hydrogen-bond acceptors (Lipinski definition) is 3. The zero-order valence-electron chi connectivity index (χ0n) is 13.4. The van der Waals surface area contributed by atoms with Gasteiger partial charge in [0, 0.05) is 5.69 Å². The predicted octanol–water partition coefficient (Wildman–Crippen LogP) is 3.84. The molecule has 0 fully saturated rings. The van der Waals surface area contributed by atoms with Gasteiger partial charge in [-0.1, -0.05) is 18.2 Å². The van der Waals surface area contributed by atoms with E-state index in [9.17, 15) is 0 Å². The highest BCUT2D eigenvalue weighted by molar-refractivity contribution is 7.80. The summed E-state index contributed by atoms with van der Waals surface area (Å²) in [5.41, 5.74) is 0.919. The van der Waals surface area contributed by atoms with Crippen molar-refractivity contribution < 1.29 is 9.47 Å². The van der Waals surface area contributed by atoms with E-state index in [1.54, 1.807) is 0 Å². The Kier molecular flexibility index (Phi) is 6.69. The second kappa shape index (κ2) is 9.00. The van der Waals surface area contributed by atoms with Crippen LogP contribution in [0.15, 0.2) is 54.6 Å². The standard InChI is InChI=1S/C18H22N2O2S/c1-3-21-17-11-9-15(10-12-17)20-18(23)19-14(2)13-22-16-7-5-4-6-8-16/h4-12,14H,3,13H2,1-2H3,(H2,19,20,23)/t14-/m0/s1. The van der Waals surface area contributed by atoms with Crippen molar-refractivity contribution in [3.05, 3.63) is 54.6 Å². The van der Waals surface area contributed by atoms with Crippen molar-refractivity contribution in [2.75, 3.05) is 18.5 Å². The molecule has 5 heteroatoms. The smallest absolute Gasteiger partial charge is 0.171 e. The Morgan fingerprint density at radius 2 is 1.65 bits per heavy atom. The van der Waals surface area contributed by atoms with Crippen molar-refractivity contribution in [1.82, 2.24) is 5.32 Å². The summed E-state index contributed by atoms with van der Waals surface area (Å²) < 4.78 is 11.1. The van der Waals surface area contributed by atoms with Crippen molar-refractivity contribution in [1.29, 1.82) is 0 Å². The predicted molar refractivity (Wildman–Crippen MR) is 98.4 cm³/mol. The molecule has 0 saturated heterocycles. The third-order valence-electron chi connectivity index (χ3n) is 3.04. The summed E-state index contributed by atoms with van der Waals surface area (Å²) in [6.45, 7) is 5.18. The molecule has 2 aromatic carbocycles. The maximum atomic E-state index is 5.70. The lowest BCUT2D eigenvalue weighted by molar-refractivity contribution is 0.287. The molecule has 0 radical (unpaired) electrons. The molecule has 0 bridgehead atoms. The molecule has 0 aliphatic carbocycles. The van der Waals surface area contributed by atoms with E-state index in [1.165, 1.54) is 0 Å². The number of nitrogens with one attached hydrogen (secondary N) is 2. The van der Waals surface area contributed by atoms with Gasteiger partial charge in [0.05, 0.1) is 12.6 Å². The Morgan fingerprint density at radius 1 is 1.00 bits per heavy atom. The van der Waals surface area contributed by atoms with Crippen molar-refractivity contribution in [3.8, 4) is 11.5 Å². The molecule has 2 N–H and O–H groups in total. The van der Waals surface area contributed by atoms with Gasteiger partial charge in [0.15, 0.2) is 5.11 Å². The first kappa shape index (κ1) is 17.1. The first-order valence-corrected chi connectivity index (χ1v) is 8.06. The van der Waals surface area contributed by atoms with Gasteiger partial charge in [-0.3, -0.25) is 0 Å². The van der Waals surface area contributed by atoms with E-state index in [0.717, 1.165) is 17.2 Å². The van der Waals surface area contributed by atoms with Crippen LogP contribution in [-0.2, 0) is 0 Å². The van der Waals surface area contributed by atoms with Gasteiger partial charge in [0.25, 0.3) is 0 Å². The average Bonchev–Trinajstić information content (AvgIpc) is 2.56. The van der Waals surface area contributed by atoms with Gasteiger partial charge in [-0.2, -0.15) is 0 Å². The van der Waals surface area contributed by atoms with Gasteiger partial charge in [0.2, 0.25) is 0 Å². The van der Waals surface area contributed by atoms with E-state index in [2.05, 4.69) is 10.6 Å². The highest BCUT2D eigenvalue weighted by Crippen LogP contribution is 2.15. The summed E-state index contributed by atoms with van der Waals surface area (Å²) in [5.74, 6) is 1.70. The normalized spacial score (nSPS) is 11.4. The van der Waals surface area contributed by atoms with Crippen LogP contribution in [-0.4, -0.2) is 24.4 Å². The topological polar surface area (TPSA) is 42.5 Å². The zero-order chi connectivity index (χ0) is 16.5. The summed E-state index contributed by atoms with van der Waals surface area (Å²) in [5, 5.41) is 6.92. The second-order valence-corrected chi connectivity index (χ2v) is 5.49. The molecular formula is C18H22N2O2S. The second-order valence-electron chi connectivity index (χ2n) is 5.08. The molecule has 4 nitrogen and oxygen atoms in total. The van der Waals surface area contributed by atoms with Gasteiger partial charge in [-0.05, 0) is 62.5 Å². The van der Waals surface area contributed by atoms with E-state index in [4.69, 9.17) is 21.7 Å². The molecule has 0 amide bonds. The molecule has 2 aromatic rings. The van der Waals surface area contributed by atoms with Crippen LogP contribution >= 0.6 is 12.2 Å². The highest BCUT2D eigenvalue weighted by atomic mass is 32.1. The van der Waals surface area contributed by atoms with Gasteiger partial charge < -0.3 is 20.1 Å². The van der Waals surface area contributed by atoms with Crippen LogP contribution in [0.25, 0.3) is 0 Å². The van der Waals surface area contributed by atoms with Crippen LogP contribution in [0.1, 0.15) is 13.8 Å². The molecule has 0 unspecified atom stereocenters. The van der Waals surface area contributed by atoms with Gasteiger partial charge in [-0.25, -0.2) is 0 Å². The fourth-order valence-corrected chi connectivity index (χ4v) is 2.29. The Labute approximate surface area is 142 Å². The molecule has 0 aromatic heterocycles. The minimum Gasteiger partial charge on any atom is -0.494 e. The van der Waals surface area contributed by atoms with Crippen molar-refractivity contribution in [3.63, 3.8) is 0 Å². The number of para-hydroxylation sites is 1. The number of anilines is 1.